The van der Waals surface area contributed by atoms with Gasteiger partial charge in [-0.3, -0.25) is 0 Å². The lowest BCUT2D eigenvalue weighted by Crippen LogP contribution is -2.41. The second kappa shape index (κ2) is 8.45. The number of nitrogens with one attached hydrogen (secondary N) is 1. The first-order chi connectivity index (χ1) is 19.8. The van der Waals surface area contributed by atoms with Crippen molar-refractivity contribution in [3.05, 3.63) is 138 Å². The standard InChI is InChI=1S/C37H32BNO2/c1-35(2)36(3,4)41-38(40-35)26-19-20-33-29(21-26)30-22-28-27-17-11-12-18-31(27)37(24-13-7-5-8-14-24,25-15-9-6-10-16-25)32(28)23-34(30)39-33/h5-23,39H,1-4H3. The lowest BCUT2D eigenvalue weighted by molar-refractivity contribution is 0.00578. The second-order valence-corrected chi connectivity index (χ2v) is 12.5. The van der Waals surface area contributed by atoms with Gasteiger partial charge in [0.2, 0.25) is 0 Å². The summed E-state index contributed by atoms with van der Waals surface area (Å²) in [5.74, 6) is 0. The maximum absolute atomic E-state index is 6.40. The Kier molecular flexibility index (Phi) is 5.08. The zero-order chi connectivity index (χ0) is 28.0. The molecule has 0 saturated carbocycles. The van der Waals surface area contributed by atoms with Crippen LogP contribution in [0.25, 0.3) is 32.9 Å². The predicted molar refractivity (Wildman–Crippen MR) is 169 cm³/mol. The highest BCUT2D eigenvalue weighted by molar-refractivity contribution is 6.62. The van der Waals surface area contributed by atoms with Crippen molar-refractivity contribution in [2.75, 3.05) is 0 Å². The molecule has 0 amide bonds. The topological polar surface area (TPSA) is 34.2 Å². The number of rotatable bonds is 3. The summed E-state index contributed by atoms with van der Waals surface area (Å²) in [6.07, 6.45) is 0. The average molecular weight is 533 g/mol. The van der Waals surface area contributed by atoms with E-state index in [1.54, 1.807) is 0 Å². The number of aromatic nitrogens is 1. The van der Waals surface area contributed by atoms with Gasteiger partial charge in [-0.1, -0.05) is 97.1 Å². The molecule has 2 heterocycles. The Balaban J connectivity index is 1.39. The normalized spacial score (nSPS) is 18.1. The number of benzene rings is 5. The summed E-state index contributed by atoms with van der Waals surface area (Å²) in [5.41, 5.74) is 9.86. The van der Waals surface area contributed by atoms with Gasteiger partial charge >= 0.3 is 7.12 Å². The van der Waals surface area contributed by atoms with Crippen molar-refractivity contribution in [3.8, 4) is 11.1 Å². The highest BCUT2D eigenvalue weighted by Crippen LogP contribution is 2.57. The fourth-order valence-corrected chi connectivity index (χ4v) is 6.98. The van der Waals surface area contributed by atoms with Gasteiger partial charge in [0.1, 0.15) is 0 Å². The van der Waals surface area contributed by atoms with Crippen LogP contribution in [0, 0.1) is 0 Å². The number of fused-ring (bicyclic) bond motifs is 6. The summed E-state index contributed by atoms with van der Waals surface area (Å²) in [6.45, 7) is 8.40. The van der Waals surface area contributed by atoms with Crippen LogP contribution in [-0.2, 0) is 14.7 Å². The molecule has 6 aromatic rings. The van der Waals surface area contributed by atoms with Crippen LogP contribution in [0.3, 0.4) is 0 Å². The van der Waals surface area contributed by atoms with E-state index in [1.165, 1.54) is 44.2 Å². The molecule has 200 valence electrons. The number of hydrogen-bond donors (Lipinski definition) is 1. The lowest BCUT2D eigenvalue weighted by Gasteiger charge is -2.33. The van der Waals surface area contributed by atoms with E-state index in [9.17, 15) is 0 Å². The predicted octanol–water partition coefficient (Wildman–Crippen LogP) is 7.98. The molecule has 8 rings (SSSR count). The van der Waals surface area contributed by atoms with Gasteiger partial charge in [-0.15, -0.1) is 0 Å². The molecule has 1 saturated heterocycles. The van der Waals surface area contributed by atoms with E-state index in [4.69, 9.17) is 9.31 Å². The van der Waals surface area contributed by atoms with E-state index in [0.29, 0.717) is 0 Å². The summed E-state index contributed by atoms with van der Waals surface area (Å²) < 4.78 is 12.8. The van der Waals surface area contributed by atoms with Crippen molar-refractivity contribution in [3.63, 3.8) is 0 Å². The molecule has 5 aromatic carbocycles. The van der Waals surface area contributed by atoms with Gasteiger partial charge in [-0.2, -0.15) is 0 Å². The van der Waals surface area contributed by atoms with E-state index in [0.717, 1.165) is 16.5 Å². The fraction of sp³-hybridized carbons (Fsp3) is 0.189. The molecule has 3 nitrogen and oxygen atoms in total. The maximum Gasteiger partial charge on any atom is 0.494 e. The quantitative estimate of drug-likeness (QED) is 0.234. The maximum atomic E-state index is 6.40. The van der Waals surface area contributed by atoms with Crippen LogP contribution in [0.2, 0.25) is 0 Å². The van der Waals surface area contributed by atoms with Crippen molar-refractivity contribution in [2.45, 2.75) is 44.3 Å². The summed E-state index contributed by atoms with van der Waals surface area (Å²) in [7, 11) is -0.395. The fourth-order valence-electron chi connectivity index (χ4n) is 6.98. The highest BCUT2D eigenvalue weighted by atomic mass is 16.7. The van der Waals surface area contributed by atoms with Crippen LogP contribution in [-0.4, -0.2) is 23.3 Å². The third-order valence-electron chi connectivity index (χ3n) is 9.73. The van der Waals surface area contributed by atoms with Crippen LogP contribution in [0.1, 0.15) is 49.9 Å². The average Bonchev–Trinajstić information content (AvgIpc) is 3.56. The minimum absolute atomic E-state index is 0.379. The Hall–Kier alpha value is -4.12. The van der Waals surface area contributed by atoms with Gasteiger partial charge in [-0.05, 0) is 84.7 Å². The molecule has 0 spiro atoms. The molecule has 0 radical (unpaired) electrons. The zero-order valence-corrected chi connectivity index (χ0v) is 23.9. The molecule has 0 atom stereocenters. The monoisotopic (exact) mass is 533 g/mol. The molecular weight excluding hydrogens is 501 g/mol. The van der Waals surface area contributed by atoms with Gasteiger partial charge in [0.15, 0.2) is 0 Å². The molecular formula is C37H32BNO2. The lowest BCUT2D eigenvalue weighted by atomic mass is 9.67. The van der Waals surface area contributed by atoms with Gasteiger partial charge < -0.3 is 14.3 Å². The summed E-state index contributed by atoms with van der Waals surface area (Å²) in [5, 5.41) is 2.40. The van der Waals surface area contributed by atoms with E-state index in [-0.39, 0.29) is 11.2 Å². The van der Waals surface area contributed by atoms with E-state index >= 15 is 0 Å². The molecule has 1 aliphatic heterocycles. The largest absolute Gasteiger partial charge is 0.494 e. The summed E-state index contributed by atoms with van der Waals surface area (Å²) in [4.78, 5) is 3.74. The van der Waals surface area contributed by atoms with Gasteiger partial charge in [0.05, 0.1) is 16.6 Å². The third-order valence-corrected chi connectivity index (χ3v) is 9.73. The van der Waals surface area contributed by atoms with Gasteiger partial charge in [0, 0.05) is 21.8 Å². The van der Waals surface area contributed by atoms with E-state index in [1.807, 2.05) is 0 Å². The molecule has 41 heavy (non-hydrogen) atoms. The smallest absolute Gasteiger partial charge is 0.399 e. The van der Waals surface area contributed by atoms with Crippen LogP contribution in [0.15, 0.2) is 115 Å². The molecule has 2 aliphatic rings. The van der Waals surface area contributed by atoms with Crippen molar-refractivity contribution >= 4 is 34.4 Å². The van der Waals surface area contributed by atoms with E-state index < -0.39 is 12.5 Å². The Morgan fingerprint density at radius 3 is 1.78 bits per heavy atom. The molecule has 0 bridgehead atoms. The van der Waals surface area contributed by atoms with Crippen LogP contribution in [0.5, 0.6) is 0 Å². The Labute approximate surface area is 241 Å². The zero-order valence-electron chi connectivity index (χ0n) is 23.9. The summed E-state index contributed by atoms with van der Waals surface area (Å²) in [6, 6.07) is 42.1. The molecule has 0 unspecified atom stereocenters. The number of hydrogen-bond acceptors (Lipinski definition) is 2. The molecule has 1 aliphatic carbocycles. The minimum Gasteiger partial charge on any atom is -0.399 e. The third kappa shape index (κ3) is 3.35. The Bertz CT molecular complexity index is 1900. The number of H-pyrrole nitrogens is 1. The van der Waals surface area contributed by atoms with Crippen molar-refractivity contribution < 1.29 is 9.31 Å². The minimum atomic E-state index is -0.409. The van der Waals surface area contributed by atoms with Gasteiger partial charge in [-0.25, -0.2) is 0 Å². The van der Waals surface area contributed by atoms with Crippen LogP contribution < -0.4 is 5.46 Å². The van der Waals surface area contributed by atoms with Crippen molar-refractivity contribution in [2.24, 2.45) is 0 Å². The van der Waals surface area contributed by atoms with Gasteiger partial charge in [0.25, 0.3) is 0 Å². The summed E-state index contributed by atoms with van der Waals surface area (Å²) >= 11 is 0. The molecule has 4 heteroatoms. The first kappa shape index (κ1) is 24.7. The molecule has 1 fully saturated rings. The molecule has 1 aromatic heterocycles. The van der Waals surface area contributed by atoms with Crippen LogP contribution >= 0.6 is 0 Å². The van der Waals surface area contributed by atoms with E-state index in [2.05, 4.69) is 148 Å². The Morgan fingerprint density at radius 2 is 1.12 bits per heavy atom. The first-order valence-corrected chi connectivity index (χ1v) is 14.5. The van der Waals surface area contributed by atoms with Crippen molar-refractivity contribution in [1.82, 2.24) is 4.98 Å². The van der Waals surface area contributed by atoms with Crippen molar-refractivity contribution in [1.29, 1.82) is 0 Å². The SMILES string of the molecule is CC1(C)OB(c2ccc3[nH]c4cc5c(cc4c3c2)-c2ccccc2C5(c2ccccc2)c2ccccc2)OC1(C)C. The Morgan fingerprint density at radius 1 is 0.537 bits per heavy atom. The van der Waals surface area contributed by atoms with Crippen LogP contribution in [0.4, 0.5) is 0 Å². The second-order valence-electron chi connectivity index (χ2n) is 12.5. The number of aromatic amines is 1. The molecule has 1 N–H and O–H groups in total. The highest BCUT2D eigenvalue weighted by Gasteiger charge is 2.52. The first-order valence-electron chi connectivity index (χ1n) is 14.5.